The van der Waals surface area contributed by atoms with Gasteiger partial charge in [0.05, 0.1) is 22.6 Å². The number of aliphatic hydroxyl groups is 1. The molecule has 1 aliphatic rings. The number of Topliss-reactive ketones (excluding diaryl/α,β-unsaturated/α-hetero) is 1. The number of aliphatic hydroxyl groups excluding tert-OH is 1. The van der Waals surface area contributed by atoms with Gasteiger partial charge in [0.1, 0.15) is 11.5 Å². The van der Waals surface area contributed by atoms with E-state index in [1.54, 1.807) is 30.3 Å². The molecular formula is C28H19N3O4. The van der Waals surface area contributed by atoms with E-state index in [0.717, 1.165) is 10.8 Å². The van der Waals surface area contributed by atoms with Crippen LogP contribution in [-0.2, 0) is 9.59 Å². The molecule has 0 spiro atoms. The number of aromatic amines is 1. The first-order valence-electron chi connectivity index (χ1n) is 11.1. The number of carbonyl (C=O) groups is 2. The van der Waals surface area contributed by atoms with Crippen LogP contribution in [0.5, 0.6) is 5.75 Å². The van der Waals surface area contributed by atoms with E-state index >= 15 is 0 Å². The second kappa shape index (κ2) is 7.85. The summed E-state index contributed by atoms with van der Waals surface area (Å²) >= 11 is 0. The molecule has 1 atom stereocenters. The number of carbonyl (C=O) groups excluding carboxylic acids is 2. The fourth-order valence-corrected chi connectivity index (χ4v) is 4.65. The summed E-state index contributed by atoms with van der Waals surface area (Å²) in [6, 6.07) is 25.5. The lowest BCUT2D eigenvalue weighted by molar-refractivity contribution is -0.132. The zero-order chi connectivity index (χ0) is 24.1. The Bertz CT molecular complexity index is 1630. The van der Waals surface area contributed by atoms with Crippen LogP contribution >= 0.6 is 0 Å². The van der Waals surface area contributed by atoms with Gasteiger partial charge in [0.2, 0.25) is 5.95 Å². The third-order valence-electron chi connectivity index (χ3n) is 6.30. The fourth-order valence-electron chi connectivity index (χ4n) is 4.65. The number of benzene rings is 4. The number of para-hydroxylation sites is 2. The average molecular weight is 461 g/mol. The number of imidazole rings is 1. The van der Waals surface area contributed by atoms with E-state index in [9.17, 15) is 19.8 Å². The molecule has 2 heterocycles. The number of rotatable bonds is 3. The Morgan fingerprint density at radius 1 is 0.857 bits per heavy atom. The molecule has 0 bridgehead atoms. The van der Waals surface area contributed by atoms with Gasteiger partial charge in [-0.3, -0.25) is 14.5 Å². The molecule has 7 heteroatoms. The molecule has 4 aromatic carbocycles. The normalized spacial score (nSPS) is 17.5. The first-order chi connectivity index (χ1) is 17.0. The Hall–Kier alpha value is -4.91. The van der Waals surface area contributed by atoms with Crippen molar-refractivity contribution in [2.24, 2.45) is 0 Å². The summed E-state index contributed by atoms with van der Waals surface area (Å²) in [5.74, 6) is -1.64. The van der Waals surface area contributed by atoms with Gasteiger partial charge in [-0.15, -0.1) is 0 Å². The number of phenols is 1. The summed E-state index contributed by atoms with van der Waals surface area (Å²) in [5.41, 5.74) is 2.31. The smallest absolute Gasteiger partial charge is 0.302 e. The Labute approximate surface area is 199 Å². The molecule has 35 heavy (non-hydrogen) atoms. The summed E-state index contributed by atoms with van der Waals surface area (Å²) in [7, 11) is 0. The zero-order valence-electron chi connectivity index (χ0n) is 18.3. The zero-order valence-corrected chi connectivity index (χ0v) is 18.3. The second-order valence-electron chi connectivity index (χ2n) is 8.36. The minimum Gasteiger partial charge on any atom is -0.508 e. The predicted octanol–water partition coefficient (Wildman–Crippen LogP) is 5.05. The van der Waals surface area contributed by atoms with Gasteiger partial charge in [0, 0.05) is 5.56 Å². The van der Waals surface area contributed by atoms with Crippen LogP contribution in [0.4, 0.5) is 5.95 Å². The van der Waals surface area contributed by atoms with Gasteiger partial charge in [0.25, 0.3) is 5.78 Å². The molecular weight excluding hydrogens is 442 g/mol. The Balaban J connectivity index is 1.61. The number of aromatic hydroxyl groups is 1. The standard InChI is InChI=1S/C28H19N3O4/c32-18-14-12-17(13-15-18)24-23(25(33)20-9-5-7-16-6-1-2-8-19(16)20)26(34)27(35)31(24)28-29-21-10-3-4-11-22(21)30-28/h1-15,24,32-33H,(H,29,30)/b25-23+. The van der Waals surface area contributed by atoms with Gasteiger partial charge in [-0.1, -0.05) is 66.7 Å². The van der Waals surface area contributed by atoms with Crippen molar-refractivity contribution in [1.29, 1.82) is 0 Å². The molecule has 6 rings (SSSR count). The van der Waals surface area contributed by atoms with E-state index in [-0.39, 0.29) is 23.0 Å². The average Bonchev–Trinajstić information content (AvgIpc) is 3.42. The van der Waals surface area contributed by atoms with Crippen molar-refractivity contribution in [1.82, 2.24) is 9.97 Å². The molecule has 1 aliphatic heterocycles. The number of ketones is 1. The second-order valence-corrected chi connectivity index (χ2v) is 8.36. The number of phenolic OH excluding ortho intramolecular Hbond substituents is 1. The number of hydrogen-bond donors (Lipinski definition) is 3. The lowest BCUT2D eigenvalue weighted by Crippen LogP contribution is -2.30. The maximum atomic E-state index is 13.4. The fraction of sp³-hybridized carbons (Fsp3) is 0.0357. The lowest BCUT2D eigenvalue weighted by atomic mass is 9.93. The molecule has 1 unspecified atom stereocenters. The lowest BCUT2D eigenvalue weighted by Gasteiger charge is -2.23. The summed E-state index contributed by atoms with van der Waals surface area (Å²) in [6.45, 7) is 0. The highest BCUT2D eigenvalue weighted by Crippen LogP contribution is 2.42. The number of nitrogens with zero attached hydrogens (tertiary/aromatic N) is 2. The summed E-state index contributed by atoms with van der Waals surface area (Å²) < 4.78 is 0. The van der Waals surface area contributed by atoms with Crippen molar-refractivity contribution in [3.63, 3.8) is 0 Å². The topological polar surface area (TPSA) is 107 Å². The monoisotopic (exact) mass is 461 g/mol. The Morgan fingerprint density at radius 3 is 2.37 bits per heavy atom. The molecule has 0 aliphatic carbocycles. The van der Waals surface area contributed by atoms with Crippen LogP contribution in [0.15, 0.2) is 96.6 Å². The van der Waals surface area contributed by atoms with Crippen molar-refractivity contribution >= 4 is 45.2 Å². The van der Waals surface area contributed by atoms with Crippen molar-refractivity contribution in [3.8, 4) is 5.75 Å². The number of anilines is 1. The van der Waals surface area contributed by atoms with Gasteiger partial charge in [-0.05, 0) is 40.6 Å². The third kappa shape index (κ3) is 3.25. The van der Waals surface area contributed by atoms with Crippen molar-refractivity contribution in [3.05, 3.63) is 108 Å². The molecule has 1 fully saturated rings. The molecule has 170 valence electrons. The van der Waals surface area contributed by atoms with Gasteiger partial charge in [0.15, 0.2) is 0 Å². The first kappa shape index (κ1) is 20.7. The van der Waals surface area contributed by atoms with E-state index in [4.69, 9.17) is 0 Å². The number of nitrogens with one attached hydrogen (secondary N) is 1. The van der Waals surface area contributed by atoms with Crippen LogP contribution in [0, 0.1) is 0 Å². The summed E-state index contributed by atoms with van der Waals surface area (Å²) in [4.78, 5) is 35.7. The molecule has 0 radical (unpaired) electrons. The summed E-state index contributed by atoms with van der Waals surface area (Å²) in [5, 5.41) is 23.0. The van der Waals surface area contributed by atoms with Crippen molar-refractivity contribution < 1.29 is 19.8 Å². The number of fused-ring (bicyclic) bond motifs is 2. The molecule has 7 nitrogen and oxygen atoms in total. The number of amides is 1. The van der Waals surface area contributed by atoms with Gasteiger partial charge < -0.3 is 15.2 Å². The van der Waals surface area contributed by atoms with Crippen LogP contribution in [-0.4, -0.2) is 31.9 Å². The quantitative estimate of drug-likeness (QED) is 0.198. The highest BCUT2D eigenvalue weighted by molar-refractivity contribution is 6.51. The van der Waals surface area contributed by atoms with Gasteiger partial charge >= 0.3 is 5.91 Å². The molecule has 1 aromatic heterocycles. The molecule has 1 saturated heterocycles. The number of aromatic nitrogens is 2. The highest BCUT2D eigenvalue weighted by atomic mass is 16.3. The minimum absolute atomic E-state index is 0.0440. The maximum absolute atomic E-state index is 13.4. The third-order valence-corrected chi connectivity index (χ3v) is 6.30. The van der Waals surface area contributed by atoms with Crippen molar-refractivity contribution in [2.45, 2.75) is 6.04 Å². The van der Waals surface area contributed by atoms with E-state index in [2.05, 4.69) is 9.97 Å². The van der Waals surface area contributed by atoms with Gasteiger partial charge in [-0.2, -0.15) is 0 Å². The largest absolute Gasteiger partial charge is 0.508 e. The first-order valence-corrected chi connectivity index (χ1v) is 11.1. The van der Waals surface area contributed by atoms with Crippen LogP contribution in [0.1, 0.15) is 17.2 Å². The highest BCUT2D eigenvalue weighted by Gasteiger charge is 2.48. The van der Waals surface area contributed by atoms with E-state index in [0.29, 0.717) is 22.2 Å². The van der Waals surface area contributed by atoms with Crippen molar-refractivity contribution in [2.75, 3.05) is 4.90 Å². The van der Waals surface area contributed by atoms with E-state index in [1.807, 2.05) is 48.5 Å². The van der Waals surface area contributed by atoms with Crippen LogP contribution in [0.25, 0.3) is 27.6 Å². The predicted molar refractivity (Wildman–Crippen MR) is 133 cm³/mol. The number of hydrogen-bond acceptors (Lipinski definition) is 5. The van der Waals surface area contributed by atoms with E-state index < -0.39 is 17.7 Å². The number of H-pyrrole nitrogens is 1. The molecule has 1 amide bonds. The maximum Gasteiger partial charge on any atom is 0.302 e. The van der Waals surface area contributed by atoms with Crippen LogP contribution in [0.2, 0.25) is 0 Å². The van der Waals surface area contributed by atoms with E-state index in [1.165, 1.54) is 17.0 Å². The molecule has 3 N–H and O–H groups in total. The Kier molecular flexibility index (Phi) is 4.64. The van der Waals surface area contributed by atoms with Crippen LogP contribution in [0.3, 0.4) is 0 Å². The SMILES string of the molecule is O=C1C(=O)N(c2nc3ccccc3[nH]2)C(c2ccc(O)cc2)/C1=C(\O)c1cccc2ccccc12. The Morgan fingerprint density at radius 2 is 1.57 bits per heavy atom. The van der Waals surface area contributed by atoms with Gasteiger partial charge in [-0.25, -0.2) is 4.98 Å². The molecule has 0 saturated carbocycles. The minimum atomic E-state index is -0.949. The molecule has 5 aromatic rings. The summed E-state index contributed by atoms with van der Waals surface area (Å²) in [6.07, 6.45) is 0. The van der Waals surface area contributed by atoms with Crippen LogP contribution < -0.4 is 4.90 Å².